The lowest BCUT2D eigenvalue weighted by atomic mass is 9.96. The van der Waals surface area contributed by atoms with Gasteiger partial charge < -0.3 is 10.1 Å². The summed E-state index contributed by atoms with van der Waals surface area (Å²) in [5.74, 6) is 0.183. The Balaban J connectivity index is 1.71. The number of amides is 1. The van der Waals surface area contributed by atoms with Gasteiger partial charge in [-0.05, 0) is 68.0 Å². The lowest BCUT2D eigenvalue weighted by molar-refractivity contribution is 0.0525. The van der Waals surface area contributed by atoms with Gasteiger partial charge in [0.1, 0.15) is 5.60 Å². The van der Waals surface area contributed by atoms with Crippen LogP contribution >= 0.6 is 0 Å². The highest BCUT2D eigenvalue weighted by molar-refractivity contribution is 5.92. The highest BCUT2D eigenvalue weighted by Crippen LogP contribution is 2.28. The minimum atomic E-state index is -0.491. The van der Waals surface area contributed by atoms with E-state index in [9.17, 15) is 4.79 Å². The largest absolute Gasteiger partial charge is 0.444 e. The van der Waals surface area contributed by atoms with E-state index >= 15 is 0 Å². The number of allylic oxidation sites excluding steroid dienone is 1. The molecule has 0 spiro atoms. The summed E-state index contributed by atoms with van der Waals surface area (Å²) < 4.78 is 5.29. The van der Waals surface area contributed by atoms with E-state index in [4.69, 9.17) is 4.74 Å². The number of fused-ring (bicyclic) bond motifs is 1. The van der Waals surface area contributed by atoms with E-state index in [2.05, 4.69) is 65.4 Å². The molecule has 0 fully saturated rings. The summed E-state index contributed by atoms with van der Waals surface area (Å²) in [6, 6.07) is 14.7. The van der Waals surface area contributed by atoms with Crippen molar-refractivity contribution >= 4 is 22.6 Å². The number of H-pyrrole nitrogens is 1. The summed E-state index contributed by atoms with van der Waals surface area (Å²) in [6.07, 6.45) is -0.386. The molecule has 5 nitrogen and oxygen atoms in total. The van der Waals surface area contributed by atoms with Gasteiger partial charge in [0, 0.05) is 11.9 Å². The van der Waals surface area contributed by atoms with E-state index in [1.165, 1.54) is 0 Å². The summed E-state index contributed by atoms with van der Waals surface area (Å²) in [6.45, 7) is 14.2. The number of ether oxygens (including phenoxy) is 1. The molecule has 1 atom stereocenters. The Morgan fingerprint density at radius 2 is 1.83 bits per heavy atom. The van der Waals surface area contributed by atoms with Crippen molar-refractivity contribution in [1.82, 2.24) is 15.5 Å². The molecule has 29 heavy (non-hydrogen) atoms. The highest BCUT2D eigenvalue weighted by atomic mass is 16.6. The van der Waals surface area contributed by atoms with Crippen molar-refractivity contribution in [3.63, 3.8) is 0 Å². The second-order valence-corrected chi connectivity index (χ2v) is 8.52. The molecule has 0 saturated heterocycles. The van der Waals surface area contributed by atoms with Crippen LogP contribution in [0.1, 0.15) is 51.8 Å². The third-order valence-corrected chi connectivity index (χ3v) is 4.73. The van der Waals surface area contributed by atoms with E-state index in [0.717, 1.165) is 38.9 Å². The number of benzene rings is 2. The molecule has 0 radical (unpaired) electrons. The zero-order valence-corrected chi connectivity index (χ0v) is 17.8. The Bertz CT molecular complexity index is 1030. The zero-order chi connectivity index (χ0) is 21.2. The SMILES string of the molecule is C=C(C)c1n[nH]c2ccc(-c3ccc(C(C)CNC(=O)OC(C)(C)C)cc3)cc12. The average molecular weight is 392 g/mol. The van der Waals surface area contributed by atoms with Crippen molar-refractivity contribution in [2.45, 2.75) is 46.1 Å². The van der Waals surface area contributed by atoms with Crippen molar-refractivity contribution in [2.75, 3.05) is 6.54 Å². The molecular formula is C24H29N3O2. The maximum atomic E-state index is 11.8. The molecule has 1 heterocycles. The number of hydrogen-bond acceptors (Lipinski definition) is 3. The second kappa shape index (κ2) is 8.11. The fourth-order valence-electron chi connectivity index (χ4n) is 3.19. The van der Waals surface area contributed by atoms with Gasteiger partial charge in [-0.2, -0.15) is 5.10 Å². The van der Waals surface area contributed by atoms with Crippen LogP contribution in [0, 0.1) is 0 Å². The van der Waals surface area contributed by atoms with Crippen molar-refractivity contribution in [3.05, 3.63) is 60.3 Å². The molecule has 152 valence electrons. The van der Waals surface area contributed by atoms with E-state index in [0.29, 0.717) is 6.54 Å². The summed E-state index contributed by atoms with van der Waals surface area (Å²) in [4.78, 5) is 11.8. The molecule has 0 saturated carbocycles. The molecule has 1 amide bonds. The highest BCUT2D eigenvalue weighted by Gasteiger charge is 2.17. The van der Waals surface area contributed by atoms with E-state index in [1.807, 2.05) is 33.8 Å². The molecule has 5 heteroatoms. The molecule has 1 unspecified atom stereocenters. The number of aromatic nitrogens is 2. The Morgan fingerprint density at radius 1 is 1.17 bits per heavy atom. The fraction of sp³-hybridized carbons (Fsp3) is 0.333. The van der Waals surface area contributed by atoms with Crippen molar-refractivity contribution in [3.8, 4) is 11.1 Å². The Kier molecular flexibility index (Phi) is 5.78. The Labute approximate surface area is 172 Å². The van der Waals surface area contributed by atoms with E-state index < -0.39 is 5.60 Å². The quantitative estimate of drug-likeness (QED) is 0.570. The number of carbonyl (C=O) groups is 1. The number of nitrogens with one attached hydrogen (secondary N) is 2. The van der Waals surface area contributed by atoms with Crippen molar-refractivity contribution in [1.29, 1.82) is 0 Å². The topological polar surface area (TPSA) is 67.0 Å². The van der Waals surface area contributed by atoms with Crippen molar-refractivity contribution < 1.29 is 9.53 Å². The van der Waals surface area contributed by atoms with Gasteiger partial charge in [-0.1, -0.05) is 43.8 Å². The standard InChI is InChI=1S/C24H29N3O2/c1-15(2)22-20-13-19(11-12-21(20)26-27-22)18-9-7-17(8-10-18)16(3)14-25-23(28)29-24(4,5)6/h7-13,16H,1,14H2,2-6H3,(H,25,28)(H,26,27). The number of nitrogens with zero attached hydrogens (tertiary/aromatic N) is 1. The minimum Gasteiger partial charge on any atom is -0.444 e. The van der Waals surface area contributed by atoms with E-state index in [1.54, 1.807) is 0 Å². The number of hydrogen-bond donors (Lipinski definition) is 2. The zero-order valence-electron chi connectivity index (χ0n) is 17.8. The molecule has 3 rings (SSSR count). The van der Waals surface area contributed by atoms with Crippen LogP contribution in [-0.2, 0) is 4.74 Å². The van der Waals surface area contributed by atoms with Crippen molar-refractivity contribution in [2.24, 2.45) is 0 Å². The fourth-order valence-corrected chi connectivity index (χ4v) is 3.19. The number of rotatable bonds is 5. The molecule has 0 aliphatic rings. The minimum absolute atomic E-state index is 0.183. The monoisotopic (exact) mass is 391 g/mol. The predicted molar refractivity (Wildman–Crippen MR) is 119 cm³/mol. The number of carbonyl (C=O) groups excluding carboxylic acids is 1. The Hall–Kier alpha value is -3.08. The molecule has 0 aliphatic carbocycles. The maximum absolute atomic E-state index is 11.8. The van der Waals surface area contributed by atoms with Gasteiger partial charge in [0.15, 0.2) is 0 Å². The van der Waals surface area contributed by atoms with Crippen LogP contribution < -0.4 is 5.32 Å². The first-order valence-electron chi connectivity index (χ1n) is 9.85. The van der Waals surface area contributed by atoms with Crippen LogP contribution in [0.15, 0.2) is 49.0 Å². The molecule has 0 bridgehead atoms. The Morgan fingerprint density at radius 3 is 2.45 bits per heavy atom. The lowest BCUT2D eigenvalue weighted by Gasteiger charge is -2.21. The molecule has 2 N–H and O–H groups in total. The van der Waals surface area contributed by atoms with Gasteiger partial charge in [0.25, 0.3) is 0 Å². The summed E-state index contributed by atoms with van der Waals surface area (Å²) >= 11 is 0. The summed E-state index contributed by atoms with van der Waals surface area (Å²) in [5, 5.41) is 11.3. The van der Waals surface area contributed by atoms with Crippen LogP contribution in [0.4, 0.5) is 4.79 Å². The third-order valence-electron chi connectivity index (χ3n) is 4.73. The van der Waals surface area contributed by atoms with Gasteiger partial charge in [-0.15, -0.1) is 0 Å². The summed E-state index contributed by atoms with van der Waals surface area (Å²) in [7, 11) is 0. The third kappa shape index (κ3) is 5.05. The average Bonchev–Trinajstić information content (AvgIpc) is 3.08. The molecule has 2 aromatic carbocycles. The first-order chi connectivity index (χ1) is 13.6. The predicted octanol–water partition coefficient (Wildman–Crippen LogP) is 5.89. The summed E-state index contributed by atoms with van der Waals surface area (Å²) in [5.41, 5.74) is 5.79. The van der Waals surface area contributed by atoms with E-state index in [-0.39, 0.29) is 12.0 Å². The normalized spacial score (nSPS) is 12.6. The smallest absolute Gasteiger partial charge is 0.407 e. The van der Waals surface area contributed by atoms with Crippen LogP contribution in [0.5, 0.6) is 0 Å². The van der Waals surface area contributed by atoms with Gasteiger partial charge in [0.2, 0.25) is 0 Å². The molecular weight excluding hydrogens is 362 g/mol. The van der Waals surface area contributed by atoms with Crippen LogP contribution in [0.25, 0.3) is 27.6 Å². The van der Waals surface area contributed by atoms with Gasteiger partial charge in [-0.25, -0.2) is 4.79 Å². The van der Waals surface area contributed by atoms with Gasteiger partial charge >= 0.3 is 6.09 Å². The molecule has 1 aromatic heterocycles. The van der Waals surface area contributed by atoms with Crippen LogP contribution in [-0.4, -0.2) is 28.4 Å². The van der Waals surface area contributed by atoms with Crippen LogP contribution in [0.2, 0.25) is 0 Å². The molecule has 0 aliphatic heterocycles. The van der Waals surface area contributed by atoms with Gasteiger partial charge in [0.05, 0.1) is 11.2 Å². The number of alkyl carbamates (subject to hydrolysis) is 1. The first-order valence-corrected chi connectivity index (χ1v) is 9.85. The maximum Gasteiger partial charge on any atom is 0.407 e. The second-order valence-electron chi connectivity index (χ2n) is 8.52. The molecule has 3 aromatic rings. The first kappa shape index (κ1) is 20.6. The van der Waals surface area contributed by atoms with Gasteiger partial charge in [-0.3, -0.25) is 5.10 Å². The van der Waals surface area contributed by atoms with Crippen LogP contribution in [0.3, 0.4) is 0 Å². The number of aromatic amines is 1. The lowest BCUT2D eigenvalue weighted by Crippen LogP contribution is -2.34.